The van der Waals surface area contributed by atoms with E-state index in [4.69, 9.17) is 15.5 Å². The minimum atomic E-state index is -1.07. The van der Waals surface area contributed by atoms with E-state index >= 15 is 0 Å². The van der Waals surface area contributed by atoms with Gasteiger partial charge in [0.15, 0.2) is 17.7 Å². The minimum Gasteiger partial charge on any atom is -0.455 e. The number of thioether (sulfide) groups is 1. The lowest BCUT2D eigenvalue weighted by Crippen LogP contribution is -2.57. The lowest BCUT2D eigenvalue weighted by Gasteiger charge is -2.37. The highest BCUT2D eigenvalue weighted by atomic mass is 32.2. The van der Waals surface area contributed by atoms with E-state index in [1.807, 2.05) is 70.0 Å². The summed E-state index contributed by atoms with van der Waals surface area (Å²) in [7, 11) is 5.11. The van der Waals surface area contributed by atoms with Gasteiger partial charge in [0.2, 0.25) is 23.6 Å². The van der Waals surface area contributed by atoms with Crippen LogP contribution in [-0.4, -0.2) is 195 Å². The molecule has 0 aliphatic carbocycles. The Bertz CT molecular complexity index is 2750. The van der Waals surface area contributed by atoms with Crippen LogP contribution in [0.5, 0.6) is 0 Å². The van der Waals surface area contributed by atoms with Crippen LogP contribution in [0.15, 0.2) is 63.8 Å². The number of carbonyl (C=O) groups is 10. The van der Waals surface area contributed by atoms with Crippen LogP contribution >= 0.6 is 34.4 Å². The van der Waals surface area contributed by atoms with Crippen molar-refractivity contribution in [2.24, 2.45) is 29.4 Å². The first-order valence-electron chi connectivity index (χ1n) is 28.7. The molecule has 3 unspecified atom stereocenters. The van der Waals surface area contributed by atoms with Crippen LogP contribution in [0.4, 0.5) is 0 Å². The maximum absolute atomic E-state index is 14.9. The molecule has 9 atom stereocenters. The molecule has 2 aromatic heterocycles. The summed E-state index contributed by atoms with van der Waals surface area (Å²) in [5.74, 6) is -5.05. The molecule has 3 aliphatic heterocycles. The van der Waals surface area contributed by atoms with Gasteiger partial charge in [0.25, 0.3) is 17.7 Å². The number of amides is 7. The molecule has 5 heterocycles. The van der Waals surface area contributed by atoms with Crippen LogP contribution in [0, 0.1) is 23.7 Å². The van der Waals surface area contributed by atoms with Gasteiger partial charge in [-0.25, -0.2) is 9.97 Å². The zero-order valence-electron chi connectivity index (χ0n) is 49.1. The van der Waals surface area contributed by atoms with Crippen molar-refractivity contribution in [2.75, 3.05) is 72.7 Å². The van der Waals surface area contributed by atoms with Gasteiger partial charge in [0, 0.05) is 145 Å². The lowest BCUT2D eigenvalue weighted by atomic mass is 9.84. The summed E-state index contributed by atoms with van der Waals surface area (Å²) in [4.78, 5) is 155. The molecule has 3 aromatic rings. The van der Waals surface area contributed by atoms with E-state index in [1.165, 1.54) is 54.1 Å². The molecule has 1 aromatic carbocycles. The van der Waals surface area contributed by atoms with Gasteiger partial charge in [-0.15, -0.1) is 22.7 Å². The molecule has 7 amide bonds. The summed E-state index contributed by atoms with van der Waals surface area (Å²) in [6.07, 6.45) is 5.74. The highest BCUT2D eigenvalue weighted by Gasteiger charge is 2.42. The molecular weight excluding hydrogens is 1120 g/mol. The number of likely N-dealkylation sites (N-methyl/N-ethyl adjacent to an activating group) is 2. The Balaban J connectivity index is 1.17. The number of carbonyl (C=O) groups excluding carboxylic acids is 10. The molecule has 3 N–H and O–H groups in total. The number of nitrogens with zero attached hydrogens (tertiary/aromatic N) is 8. The summed E-state index contributed by atoms with van der Waals surface area (Å²) in [6.45, 7) is 11.3. The Hall–Kier alpha value is -6.21. The number of benzene rings is 1. The highest BCUT2D eigenvalue weighted by Crippen LogP contribution is 2.34. The number of rotatable bonds is 33. The predicted molar refractivity (Wildman–Crippen MR) is 317 cm³/mol. The normalized spacial score (nSPS) is 18.5. The van der Waals surface area contributed by atoms with Crippen molar-refractivity contribution in [1.82, 2.24) is 44.7 Å². The van der Waals surface area contributed by atoms with E-state index < -0.39 is 71.4 Å². The van der Waals surface area contributed by atoms with Gasteiger partial charge in [0.05, 0.1) is 12.1 Å². The third-order valence-corrected chi connectivity index (χ3v) is 18.9. The Labute approximate surface area is 499 Å². The minimum absolute atomic E-state index is 0.00277. The first-order valence-corrected chi connectivity index (χ1v) is 31.4. The van der Waals surface area contributed by atoms with Crippen molar-refractivity contribution in [2.45, 2.75) is 133 Å². The van der Waals surface area contributed by atoms with Crippen molar-refractivity contribution < 1.29 is 52.7 Å². The molecular formula is C59H82N10O11S3. The molecule has 2 fully saturated rings. The summed E-state index contributed by atoms with van der Waals surface area (Å²) < 4.78 is 6.56. The fraction of sp³-hybridized carbons (Fsp3) is 0.593. The third kappa shape index (κ3) is 18.6. The number of hydrogen-bond donors (Lipinski definition) is 2. The zero-order chi connectivity index (χ0) is 60.5. The second-order valence-electron chi connectivity index (χ2n) is 22.2. The van der Waals surface area contributed by atoms with Crippen molar-refractivity contribution in [3.05, 3.63) is 75.7 Å². The van der Waals surface area contributed by atoms with Crippen LogP contribution < -0.4 is 11.1 Å². The highest BCUT2D eigenvalue weighted by molar-refractivity contribution is 8.01. The van der Waals surface area contributed by atoms with Crippen molar-refractivity contribution >= 4 is 93.3 Å². The Kier molecular flexibility index (Phi) is 25.1. The number of piperazine rings is 1. The average molecular weight is 1200 g/mol. The molecule has 83 heavy (non-hydrogen) atoms. The number of unbranched alkanes of at least 4 members (excludes halogenated alkanes) is 1. The monoisotopic (exact) mass is 1200 g/mol. The van der Waals surface area contributed by atoms with Gasteiger partial charge in [-0.1, -0.05) is 82.6 Å². The Morgan fingerprint density at radius 2 is 1.58 bits per heavy atom. The van der Waals surface area contributed by atoms with Crippen LogP contribution in [-0.2, 0) is 54.3 Å². The molecule has 0 bridgehead atoms. The number of aromatic nitrogens is 2. The van der Waals surface area contributed by atoms with Gasteiger partial charge in [0.1, 0.15) is 21.1 Å². The van der Waals surface area contributed by atoms with Gasteiger partial charge < -0.3 is 35.4 Å². The van der Waals surface area contributed by atoms with Crippen LogP contribution in [0.25, 0.3) is 0 Å². The molecule has 3 aliphatic rings. The maximum Gasteiger partial charge on any atom is 0.303 e. The van der Waals surface area contributed by atoms with Crippen molar-refractivity contribution in [3.8, 4) is 0 Å². The maximum atomic E-state index is 14.9. The summed E-state index contributed by atoms with van der Waals surface area (Å²) in [5, 5.41) is 6.69. The van der Waals surface area contributed by atoms with Crippen LogP contribution in [0.2, 0.25) is 0 Å². The summed E-state index contributed by atoms with van der Waals surface area (Å²) in [5.41, 5.74) is 6.71. The molecule has 0 saturated carbocycles. The second kappa shape index (κ2) is 31.6. The molecule has 0 radical (unpaired) electrons. The molecule has 6 rings (SSSR count). The molecule has 452 valence electrons. The number of nitrogens with two attached hydrogens (primary N) is 1. The van der Waals surface area contributed by atoms with E-state index in [0.29, 0.717) is 48.1 Å². The number of nitrogens with one attached hydrogen (secondary N) is 1. The Morgan fingerprint density at radius 3 is 2.18 bits per heavy atom. The first-order chi connectivity index (χ1) is 39.6. The number of hydrogen-bond acceptors (Lipinski definition) is 18. The first kappa shape index (κ1) is 65.9. The number of Topliss-reactive ketones (excluding diaryl/α,β-unsaturated/α-hetero) is 2. The van der Waals surface area contributed by atoms with E-state index in [1.54, 1.807) is 38.7 Å². The lowest BCUT2D eigenvalue weighted by molar-refractivity contribution is -0.149. The third-order valence-electron chi connectivity index (χ3n) is 16.0. The standard InChI is InChI=1S/C59H82N10O11S3/c1-9-38(4)42(32-49(72)46-34-64(46)6)56(77)65(7)45(37(2)3)33-50(80-39(5)70)55-63-44(35-82-55)57(78)66(8)47(36-83-59-61-23-29-81-59)48(71)31-41(18-13-14-22-60)54(76)62-43(30-40-16-11-10-12-17-40)58(79)68-27-25-67(26-28-68)51(73)19-15-24-69-52(74)20-21-53(69)75/h10-12,16-17,20-21,23,29,35,37-38,41-43,45-47,50H,9,13-15,18-19,22,24-28,30-34,36,60H2,1-8H3,(H,62,76)/t38-,41-,42?,43-,45+,46?,47-,50+,64?/m0/s1. The fourth-order valence-electron chi connectivity index (χ4n) is 10.5. The van der Waals surface area contributed by atoms with Gasteiger partial charge in [-0.05, 0) is 50.3 Å². The largest absolute Gasteiger partial charge is 0.455 e. The van der Waals surface area contributed by atoms with E-state index in [9.17, 15) is 47.9 Å². The molecule has 24 heteroatoms. The number of imide groups is 1. The number of ketones is 2. The quantitative estimate of drug-likeness (QED) is 0.0266. The van der Waals surface area contributed by atoms with E-state index in [0.717, 1.165) is 21.8 Å². The average Bonchev–Trinajstić information content (AvgIpc) is 3.96. The Morgan fingerprint density at radius 1 is 0.904 bits per heavy atom. The molecule has 0 spiro atoms. The van der Waals surface area contributed by atoms with Crippen LogP contribution in [0.1, 0.15) is 120 Å². The fourth-order valence-corrected chi connectivity index (χ4v) is 13.2. The van der Waals surface area contributed by atoms with E-state index in [2.05, 4.69) is 10.3 Å². The molecule has 21 nitrogen and oxygen atoms in total. The van der Waals surface area contributed by atoms with Gasteiger partial charge >= 0.3 is 5.97 Å². The summed E-state index contributed by atoms with van der Waals surface area (Å²) >= 11 is 3.78. The predicted octanol–water partition coefficient (Wildman–Crippen LogP) is 5.05. The number of ether oxygens (including phenoxy) is 1. The van der Waals surface area contributed by atoms with Crippen molar-refractivity contribution in [1.29, 1.82) is 0 Å². The SMILES string of the molecule is CC[C@H](C)C(CC(=O)C1CN1C)C(=O)N(C)[C@H](C[C@@H](OC(C)=O)c1nc(C(=O)N(C)[C@@H](CSc2nccs2)C(=O)C[C@H](CCCCN)C(=O)N[C@@H](Cc2ccccc2)C(=O)N2CCN(C(=O)CCCN3C(=O)C=CC3=O)CC2)cs1)C(C)C. The second-order valence-corrected chi connectivity index (χ2v) is 25.2. The number of thiazole rings is 2. The molecule has 2 saturated heterocycles. The summed E-state index contributed by atoms with van der Waals surface area (Å²) in [6, 6.07) is 6.52. The van der Waals surface area contributed by atoms with Gasteiger partial charge in [-0.2, -0.15) is 0 Å². The topological polar surface area (TPSA) is 263 Å². The smallest absolute Gasteiger partial charge is 0.303 e. The number of esters is 1. The van der Waals surface area contributed by atoms with Crippen LogP contribution in [0.3, 0.4) is 0 Å². The van der Waals surface area contributed by atoms with E-state index in [-0.39, 0.29) is 124 Å². The van der Waals surface area contributed by atoms with Gasteiger partial charge in [-0.3, -0.25) is 57.7 Å². The van der Waals surface area contributed by atoms with Crippen molar-refractivity contribution in [3.63, 3.8) is 0 Å². The zero-order valence-corrected chi connectivity index (χ0v) is 51.5.